The Bertz CT molecular complexity index is 339. The van der Waals surface area contributed by atoms with E-state index in [0.717, 1.165) is 44.9 Å². The highest BCUT2D eigenvalue weighted by Gasteiger charge is 2.36. The maximum atomic E-state index is 9.91. The van der Waals surface area contributed by atoms with Crippen molar-refractivity contribution >= 4 is 5.96 Å². The third kappa shape index (κ3) is 3.27. The lowest BCUT2D eigenvalue weighted by molar-refractivity contribution is 0.133. The molecule has 20 heavy (non-hydrogen) atoms. The number of hydrogen-bond donors (Lipinski definition) is 2. The molecule has 1 saturated heterocycles. The SMILES string of the molecule is CCC1(CC)CCN(C(=NC)NCC2CCCC2O)C1. The maximum absolute atomic E-state index is 9.91. The van der Waals surface area contributed by atoms with Crippen LogP contribution in [0.15, 0.2) is 4.99 Å². The van der Waals surface area contributed by atoms with E-state index in [-0.39, 0.29) is 6.10 Å². The Morgan fingerprint density at radius 3 is 2.60 bits per heavy atom. The molecule has 116 valence electrons. The van der Waals surface area contributed by atoms with Crippen LogP contribution in [0.1, 0.15) is 52.4 Å². The topological polar surface area (TPSA) is 47.9 Å². The van der Waals surface area contributed by atoms with Crippen molar-refractivity contribution in [1.29, 1.82) is 0 Å². The summed E-state index contributed by atoms with van der Waals surface area (Å²) >= 11 is 0. The first-order valence-electron chi connectivity index (χ1n) is 8.28. The molecule has 2 rings (SSSR count). The summed E-state index contributed by atoms with van der Waals surface area (Å²) < 4.78 is 0. The molecule has 2 atom stereocenters. The third-order valence-corrected chi connectivity index (χ3v) is 5.59. The van der Waals surface area contributed by atoms with E-state index < -0.39 is 0 Å². The van der Waals surface area contributed by atoms with Gasteiger partial charge in [-0.1, -0.05) is 20.3 Å². The molecule has 1 saturated carbocycles. The molecule has 2 unspecified atom stereocenters. The molecule has 0 spiro atoms. The molecule has 4 heteroatoms. The van der Waals surface area contributed by atoms with E-state index in [1.165, 1.54) is 19.3 Å². The van der Waals surface area contributed by atoms with Gasteiger partial charge in [0.25, 0.3) is 0 Å². The first-order valence-corrected chi connectivity index (χ1v) is 8.28. The molecule has 2 aliphatic rings. The minimum Gasteiger partial charge on any atom is -0.393 e. The molecule has 0 amide bonds. The van der Waals surface area contributed by atoms with Gasteiger partial charge in [-0.05, 0) is 37.5 Å². The molecule has 2 N–H and O–H groups in total. The smallest absolute Gasteiger partial charge is 0.193 e. The van der Waals surface area contributed by atoms with Crippen LogP contribution in [0.4, 0.5) is 0 Å². The Balaban J connectivity index is 1.87. The minimum absolute atomic E-state index is 0.121. The van der Waals surface area contributed by atoms with Crippen LogP contribution in [-0.2, 0) is 0 Å². The van der Waals surface area contributed by atoms with Crippen LogP contribution in [0.2, 0.25) is 0 Å². The number of nitrogens with zero attached hydrogens (tertiary/aromatic N) is 2. The number of nitrogens with one attached hydrogen (secondary N) is 1. The van der Waals surface area contributed by atoms with E-state index in [1.807, 2.05) is 7.05 Å². The molecule has 0 bridgehead atoms. The largest absolute Gasteiger partial charge is 0.393 e. The Hall–Kier alpha value is -0.770. The second-order valence-corrected chi connectivity index (χ2v) is 6.57. The molecule has 1 aliphatic heterocycles. The van der Waals surface area contributed by atoms with Crippen LogP contribution in [0, 0.1) is 11.3 Å². The third-order valence-electron chi connectivity index (χ3n) is 5.59. The van der Waals surface area contributed by atoms with E-state index in [9.17, 15) is 5.11 Å². The van der Waals surface area contributed by atoms with E-state index >= 15 is 0 Å². The van der Waals surface area contributed by atoms with Crippen LogP contribution < -0.4 is 5.32 Å². The molecule has 1 heterocycles. The average molecular weight is 281 g/mol. The zero-order chi connectivity index (χ0) is 14.6. The van der Waals surface area contributed by atoms with Crippen LogP contribution in [0.25, 0.3) is 0 Å². The second-order valence-electron chi connectivity index (χ2n) is 6.57. The van der Waals surface area contributed by atoms with Crippen molar-refractivity contribution in [2.24, 2.45) is 16.3 Å². The van der Waals surface area contributed by atoms with Crippen molar-refractivity contribution in [2.75, 3.05) is 26.7 Å². The summed E-state index contributed by atoms with van der Waals surface area (Å²) in [5.41, 5.74) is 0.477. The Morgan fingerprint density at radius 2 is 2.10 bits per heavy atom. The van der Waals surface area contributed by atoms with Gasteiger partial charge < -0.3 is 15.3 Å². The normalized spacial score (nSPS) is 30.0. The number of aliphatic imine (C=N–C) groups is 1. The van der Waals surface area contributed by atoms with Gasteiger partial charge in [0.1, 0.15) is 0 Å². The Morgan fingerprint density at radius 1 is 1.35 bits per heavy atom. The van der Waals surface area contributed by atoms with Crippen molar-refractivity contribution in [3.63, 3.8) is 0 Å². The summed E-state index contributed by atoms with van der Waals surface area (Å²) in [4.78, 5) is 6.84. The number of aliphatic hydroxyl groups is 1. The number of likely N-dealkylation sites (tertiary alicyclic amines) is 1. The molecule has 0 aromatic heterocycles. The highest BCUT2D eigenvalue weighted by atomic mass is 16.3. The van der Waals surface area contributed by atoms with Crippen LogP contribution >= 0.6 is 0 Å². The van der Waals surface area contributed by atoms with Gasteiger partial charge in [0.2, 0.25) is 0 Å². The molecule has 0 aromatic rings. The van der Waals surface area contributed by atoms with Gasteiger partial charge in [-0.2, -0.15) is 0 Å². The standard InChI is InChI=1S/C16H31N3O/c1-4-16(5-2)9-10-19(12-16)15(17-3)18-11-13-7-6-8-14(13)20/h13-14,20H,4-12H2,1-3H3,(H,17,18). The van der Waals surface area contributed by atoms with Gasteiger partial charge in [0, 0.05) is 32.6 Å². The van der Waals surface area contributed by atoms with Crippen LogP contribution in [0.5, 0.6) is 0 Å². The van der Waals surface area contributed by atoms with Crippen molar-refractivity contribution in [2.45, 2.75) is 58.5 Å². The first kappa shape index (κ1) is 15.6. The first-order chi connectivity index (χ1) is 9.64. The fraction of sp³-hybridized carbons (Fsp3) is 0.938. The summed E-state index contributed by atoms with van der Waals surface area (Å²) in [7, 11) is 1.87. The van der Waals surface area contributed by atoms with Crippen molar-refractivity contribution in [3.8, 4) is 0 Å². The highest BCUT2D eigenvalue weighted by molar-refractivity contribution is 5.80. The van der Waals surface area contributed by atoms with Gasteiger partial charge in [0.05, 0.1) is 6.10 Å². The number of rotatable bonds is 4. The Kier molecular flexibility index (Phi) is 5.30. The lowest BCUT2D eigenvalue weighted by Gasteiger charge is -2.28. The molecule has 1 aliphatic carbocycles. The van der Waals surface area contributed by atoms with Crippen LogP contribution in [-0.4, -0.2) is 48.8 Å². The molecular formula is C16H31N3O. The quantitative estimate of drug-likeness (QED) is 0.614. The molecular weight excluding hydrogens is 250 g/mol. The van der Waals surface area contributed by atoms with Crippen molar-refractivity contribution in [3.05, 3.63) is 0 Å². The van der Waals surface area contributed by atoms with E-state index in [2.05, 4.69) is 29.1 Å². The summed E-state index contributed by atoms with van der Waals surface area (Å²) in [6, 6.07) is 0. The van der Waals surface area contributed by atoms with Crippen molar-refractivity contribution in [1.82, 2.24) is 10.2 Å². The molecule has 0 radical (unpaired) electrons. The Labute approximate surface area is 123 Å². The second kappa shape index (κ2) is 6.79. The zero-order valence-corrected chi connectivity index (χ0v) is 13.4. The lowest BCUT2D eigenvalue weighted by Crippen LogP contribution is -2.43. The fourth-order valence-corrected chi connectivity index (χ4v) is 3.75. The van der Waals surface area contributed by atoms with E-state index in [4.69, 9.17) is 0 Å². The predicted octanol–water partition coefficient (Wildman–Crippen LogP) is 2.23. The number of guanidine groups is 1. The maximum Gasteiger partial charge on any atom is 0.193 e. The monoisotopic (exact) mass is 281 g/mol. The summed E-state index contributed by atoms with van der Waals surface area (Å²) in [6.45, 7) is 7.69. The van der Waals surface area contributed by atoms with Gasteiger partial charge in [-0.3, -0.25) is 4.99 Å². The van der Waals surface area contributed by atoms with Gasteiger partial charge in [-0.15, -0.1) is 0 Å². The van der Waals surface area contributed by atoms with Gasteiger partial charge >= 0.3 is 0 Å². The molecule has 0 aromatic carbocycles. The van der Waals surface area contributed by atoms with Crippen molar-refractivity contribution < 1.29 is 5.11 Å². The molecule has 2 fully saturated rings. The highest BCUT2D eigenvalue weighted by Crippen LogP contribution is 2.36. The van der Waals surface area contributed by atoms with Crippen LogP contribution in [0.3, 0.4) is 0 Å². The predicted molar refractivity (Wildman–Crippen MR) is 83.9 cm³/mol. The van der Waals surface area contributed by atoms with E-state index in [0.29, 0.717) is 11.3 Å². The summed E-state index contributed by atoms with van der Waals surface area (Å²) in [5, 5.41) is 13.4. The fourth-order valence-electron chi connectivity index (χ4n) is 3.75. The van der Waals surface area contributed by atoms with E-state index in [1.54, 1.807) is 0 Å². The summed E-state index contributed by atoms with van der Waals surface area (Å²) in [6.07, 6.45) is 6.90. The number of aliphatic hydroxyl groups excluding tert-OH is 1. The zero-order valence-electron chi connectivity index (χ0n) is 13.4. The lowest BCUT2D eigenvalue weighted by atomic mass is 9.82. The van der Waals surface area contributed by atoms with Gasteiger partial charge in [-0.25, -0.2) is 0 Å². The summed E-state index contributed by atoms with van der Waals surface area (Å²) in [5.74, 6) is 1.42. The number of hydrogen-bond acceptors (Lipinski definition) is 2. The van der Waals surface area contributed by atoms with Gasteiger partial charge in [0.15, 0.2) is 5.96 Å². The molecule has 4 nitrogen and oxygen atoms in total. The average Bonchev–Trinajstić information content (AvgIpc) is 3.07. The minimum atomic E-state index is -0.121.